The van der Waals surface area contributed by atoms with Gasteiger partial charge in [0.15, 0.2) is 0 Å². The summed E-state index contributed by atoms with van der Waals surface area (Å²) < 4.78 is 6.00. The van der Waals surface area contributed by atoms with Crippen molar-refractivity contribution >= 4 is 11.8 Å². The molecule has 1 aromatic heterocycles. The van der Waals surface area contributed by atoms with Crippen LogP contribution in [0, 0.1) is 0 Å². The highest BCUT2D eigenvalue weighted by molar-refractivity contribution is 6.35. The van der Waals surface area contributed by atoms with Crippen molar-refractivity contribution in [3.63, 3.8) is 0 Å². The molecule has 3 N–H and O–H groups in total. The Balaban J connectivity index is 1.35. The molecule has 0 saturated carbocycles. The van der Waals surface area contributed by atoms with Crippen molar-refractivity contribution in [1.29, 1.82) is 0 Å². The maximum Gasteiger partial charge on any atom is 0.311 e. The minimum Gasteiger partial charge on any atom is -0.375 e. The average Bonchev–Trinajstić information content (AvgIpc) is 2.68. The van der Waals surface area contributed by atoms with E-state index < -0.39 is 11.8 Å². The number of rotatable bonds is 1. The summed E-state index contributed by atoms with van der Waals surface area (Å²) in [4.78, 5) is 31.0. The lowest BCUT2D eigenvalue weighted by Crippen LogP contribution is -2.55. The third-order valence-electron chi connectivity index (χ3n) is 6.25. The first-order valence-electron chi connectivity index (χ1n) is 9.98. The van der Waals surface area contributed by atoms with E-state index in [1.165, 1.54) is 0 Å². The first kappa shape index (κ1) is 18.4. The van der Waals surface area contributed by atoms with Crippen molar-refractivity contribution in [2.45, 2.75) is 62.6 Å². The van der Waals surface area contributed by atoms with Gasteiger partial charge in [0.2, 0.25) is 0 Å². The number of hydrogen-bond donors (Lipinski definition) is 2. The molecule has 2 amide bonds. The molecule has 2 aliphatic heterocycles. The van der Waals surface area contributed by atoms with Gasteiger partial charge in [-0.05, 0) is 62.1 Å². The van der Waals surface area contributed by atoms with Gasteiger partial charge in [0, 0.05) is 38.1 Å². The Bertz CT molecular complexity index is 715. The smallest absolute Gasteiger partial charge is 0.311 e. The fourth-order valence-corrected chi connectivity index (χ4v) is 4.68. The second-order valence-electron chi connectivity index (χ2n) is 8.07. The van der Waals surface area contributed by atoms with Crippen LogP contribution in [0.3, 0.4) is 0 Å². The number of piperidine rings is 1. The largest absolute Gasteiger partial charge is 0.375 e. The number of amides is 2. The van der Waals surface area contributed by atoms with Crippen LogP contribution in [0.1, 0.15) is 55.7 Å². The van der Waals surface area contributed by atoms with Crippen molar-refractivity contribution in [2.75, 3.05) is 19.7 Å². The third kappa shape index (κ3) is 3.84. The van der Waals surface area contributed by atoms with Crippen molar-refractivity contribution in [3.05, 3.63) is 29.6 Å². The summed E-state index contributed by atoms with van der Waals surface area (Å²) >= 11 is 0. The number of ether oxygens (including phenoxy) is 1. The van der Waals surface area contributed by atoms with Gasteiger partial charge in [0.25, 0.3) is 0 Å². The van der Waals surface area contributed by atoms with E-state index in [4.69, 9.17) is 10.5 Å². The molecule has 3 aliphatic rings. The highest BCUT2D eigenvalue weighted by Gasteiger charge is 2.41. The molecular weight excluding hydrogens is 344 g/mol. The van der Waals surface area contributed by atoms with E-state index >= 15 is 0 Å². The number of likely N-dealkylation sites (tertiary alicyclic amines) is 1. The maximum absolute atomic E-state index is 12.7. The Morgan fingerprint density at radius 2 is 2.11 bits per heavy atom. The quantitative estimate of drug-likeness (QED) is 0.719. The molecule has 1 aliphatic carbocycles. The summed E-state index contributed by atoms with van der Waals surface area (Å²) in [6.45, 7) is 1.78. The molecule has 3 heterocycles. The lowest BCUT2D eigenvalue weighted by molar-refractivity contribution is -0.153. The highest BCUT2D eigenvalue weighted by Crippen LogP contribution is 2.34. The van der Waals surface area contributed by atoms with Gasteiger partial charge in [0.05, 0.1) is 11.6 Å². The van der Waals surface area contributed by atoms with Gasteiger partial charge in [-0.2, -0.15) is 0 Å². The number of carbonyl (C=O) groups excluding carboxylic acids is 2. The third-order valence-corrected chi connectivity index (χ3v) is 6.25. The molecule has 1 spiro atoms. The van der Waals surface area contributed by atoms with Crippen molar-refractivity contribution in [3.8, 4) is 0 Å². The summed E-state index contributed by atoms with van der Waals surface area (Å²) in [5.74, 6) is -0.951. The summed E-state index contributed by atoms with van der Waals surface area (Å²) in [7, 11) is 0. The minimum absolute atomic E-state index is 0.107. The summed E-state index contributed by atoms with van der Waals surface area (Å²) in [6.07, 6.45) is 9.64. The average molecular weight is 372 g/mol. The van der Waals surface area contributed by atoms with Gasteiger partial charge in [-0.1, -0.05) is 0 Å². The van der Waals surface area contributed by atoms with Gasteiger partial charge in [-0.3, -0.25) is 14.6 Å². The zero-order valence-corrected chi connectivity index (χ0v) is 15.7. The lowest BCUT2D eigenvalue weighted by Gasteiger charge is -2.45. The fraction of sp³-hybridized carbons (Fsp3) is 0.650. The number of nitrogens with one attached hydrogen (secondary N) is 1. The molecule has 4 rings (SSSR count). The first-order chi connectivity index (χ1) is 13.1. The SMILES string of the molecule is NC1CCOC2(CCN(C(=O)C(=O)NC3CCCc4cnccc43)CC2)C1. The molecule has 146 valence electrons. The van der Waals surface area contributed by atoms with E-state index in [0.29, 0.717) is 19.7 Å². The van der Waals surface area contributed by atoms with Crippen LogP contribution in [0.5, 0.6) is 0 Å². The fourth-order valence-electron chi connectivity index (χ4n) is 4.68. The number of fused-ring (bicyclic) bond motifs is 1. The van der Waals surface area contributed by atoms with Crippen LogP contribution >= 0.6 is 0 Å². The van der Waals surface area contributed by atoms with Crippen LogP contribution < -0.4 is 11.1 Å². The van der Waals surface area contributed by atoms with Crippen LogP contribution in [0.25, 0.3) is 0 Å². The molecule has 2 atom stereocenters. The number of nitrogens with zero attached hydrogens (tertiary/aromatic N) is 2. The van der Waals surface area contributed by atoms with Crippen molar-refractivity contribution in [2.24, 2.45) is 5.73 Å². The standard InChI is InChI=1S/C20H28N4O3/c21-15-5-11-27-20(12-15)6-9-24(10-7-20)19(26)18(25)23-17-3-1-2-14-13-22-8-4-16(14)17/h4,8,13,15,17H,1-3,5-7,9-12,21H2,(H,23,25). The second kappa shape index (κ2) is 7.56. The molecule has 0 aromatic carbocycles. The Kier molecular flexibility index (Phi) is 5.14. The predicted molar refractivity (Wildman–Crippen MR) is 99.8 cm³/mol. The van der Waals surface area contributed by atoms with Crippen molar-refractivity contribution < 1.29 is 14.3 Å². The van der Waals surface area contributed by atoms with Gasteiger partial charge in [0.1, 0.15) is 0 Å². The number of aromatic nitrogens is 1. The molecular formula is C20H28N4O3. The number of pyridine rings is 1. The highest BCUT2D eigenvalue weighted by atomic mass is 16.5. The summed E-state index contributed by atoms with van der Waals surface area (Å²) in [5.41, 5.74) is 8.13. The number of aryl methyl sites for hydroxylation is 1. The number of hydrogen-bond acceptors (Lipinski definition) is 5. The first-order valence-corrected chi connectivity index (χ1v) is 9.98. The normalized spacial score (nSPS) is 27.1. The molecule has 7 heteroatoms. The number of carbonyl (C=O) groups is 2. The molecule has 2 saturated heterocycles. The Hall–Kier alpha value is -1.99. The van der Waals surface area contributed by atoms with Crippen LogP contribution in [0.2, 0.25) is 0 Å². The zero-order valence-electron chi connectivity index (χ0n) is 15.7. The van der Waals surface area contributed by atoms with Crippen LogP contribution in [0.4, 0.5) is 0 Å². The van der Waals surface area contributed by atoms with E-state index in [9.17, 15) is 9.59 Å². The van der Waals surface area contributed by atoms with Crippen molar-refractivity contribution in [1.82, 2.24) is 15.2 Å². The van der Waals surface area contributed by atoms with E-state index in [-0.39, 0.29) is 17.7 Å². The molecule has 2 unspecified atom stereocenters. The van der Waals surface area contributed by atoms with E-state index in [1.807, 2.05) is 12.3 Å². The Labute approximate surface area is 159 Å². The molecule has 27 heavy (non-hydrogen) atoms. The van der Waals surface area contributed by atoms with E-state index in [2.05, 4.69) is 10.3 Å². The summed E-state index contributed by atoms with van der Waals surface area (Å²) in [6, 6.07) is 2.01. The van der Waals surface area contributed by atoms with E-state index in [0.717, 1.165) is 56.1 Å². The Morgan fingerprint density at radius 3 is 2.89 bits per heavy atom. The molecule has 7 nitrogen and oxygen atoms in total. The van der Waals surface area contributed by atoms with E-state index in [1.54, 1.807) is 11.1 Å². The van der Waals surface area contributed by atoms with Gasteiger partial charge >= 0.3 is 11.8 Å². The monoisotopic (exact) mass is 372 g/mol. The maximum atomic E-state index is 12.7. The Morgan fingerprint density at radius 1 is 1.30 bits per heavy atom. The van der Waals surface area contributed by atoms with Gasteiger partial charge < -0.3 is 20.7 Å². The number of nitrogens with two attached hydrogens (primary N) is 1. The van der Waals surface area contributed by atoms with Crippen LogP contribution in [0.15, 0.2) is 18.5 Å². The molecule has 0 radical (unpaired) electrons. The second-order valence-corrected chi connectivity index (χ2v) is 8.07. The topological polar surface area (TPSA) is 97.5 Å². The van der Waals surface area contributed by atoms with Gasteiger partial charge in [-0.25, -0.2) is 0 Å². The molecule has 2 fully saturated rings. The predicted octanol–water partition coefficient (Wildman–Crippen LogP) is 1.07. The minimum atomic E-state index is -0.512. The van der Waals surface area contributed by atoms with Crippen LogP contribution in [-0.4, -0.2) is 53.0 Å². The molecule has 1 aromatic rings. The lowest BCUT2D eigenvalue weighted by atomic mass is 9.82. The van der Waals surface area contributed by atoms with Gasteiger partial charge in [-0.15, -0.1) is 0 Å². The zero-order chi connectivity index (χ0) is 18.9. The van der Waals surface area contributed by atoms with Crippen LogP contribution in [-0.2, 0) is 20.7 Å². The molecule has 0 bridgehead atoms. The summed E-state index contributed by atoms with van der Waals surface area (Å²) in [5, 5.41) is 2.94.